The van der Waals surface area contributed by atoms with Crippen LogP contribution >= 0.6 is 0 Å². The zero-order valence-corrected chi connectivity index (χ0v) is 16.8. The van der Waals surface area contributed by atoms with Crippen LogP contribution < -0.4 is 10.1 Å². The molecule has 6 nitrogen and oxygen atoms in total. The van der Waals surface area contributed by atoms with Gasteiger partial charge in [0.25, 0.3) is 0 Å². The van der Waals surface area contributed by atoms with Gasteiger partial charge in [0.1, 0.15) is 23.7 Å². The number of carbonyl (C=O) groups excluding carboxylic acids is 1. The number of aromatic nitrogens is 1. The van der Waals surface area contributed by atoms with Crippen LogP contribution in [0.15, 0.2) is 36.5 Å². The Hall–Kier alpha value is -2.91. The minimum atomic E-state index is 0.0782. The van der Waals surface area contributed by atoms with E-state index in [1.807, 2.05) is 30.3 Å². The number of hydrogen-bond donors (Lipinski definition) is 1. The predicted molar refractivity (Wildman–Crippen MR) is 112 cm³/mol. The SMILES string of the molecule is N#Cc1cc(-c2ccnc(NC(=O)[C@H]3C[C@@H]3C3CC3)c2)ccc1OC1CCOCC1. The summed E-state index contributed by atoms with van der Waals surface area (Å²) in [6.07, 6.45) is 7.01. The van der Waals surface area contributed by atoms with Crippen LogP contribution in [-0.4, -0.2) is 30.2 Å². The maximum atomic E-state index is 12.5. The minimum Gasteiger partial charge on any atom is -0.489 e. The maximum Gasteiger partial charge on any atom is 0.228 e. The van der Waals surface area contributed by atoms with Crippen molar-refractivity contribution in [3.63, 3.8) is 0 Å². The van der Waals surface area contributed by atoms with E-state index < -0.39 is 0 Å². The monoisotopic (exact) mass is 403 g/mol. The summed E-state index contributed by atoms with van der Waals surface area (Å²) in [5, 5.41) is 12.6. The molecule has 3 aliphatic rings. The van der Waals surface area contributed by atoms with Crippen LogP contribution in [0.25, 0.3) is 11.1 Å². The molecule has 1 aliphatic heterocycles. The van der Waals surface area contributed by atoms with E-state index in [9.17, 15) is 10.1 Å². The normalized spacial score (nSPS) is 23.4. The number of nitrogens with zero attached hydrogens (tertiary/aromatic N) is 2. The van der Waals surface area contributed by atoms with Gasteiger partial charge in [-0.3, -0.25) is 4.79 Å². The second kappa shape index (κ2) is 8.08. The highest BCUT2D eigenvalue weighted by molar-refractivity contribution is 5.94. The zero-order valence-electron chi connectivity index (χ0n) is 16.8. The van der Waals surface area contributed by atoms with E-state index in [1.165, 1.54) is 12.8 Å². The van der Waals surface area contributed by atoms with Crippen molar-refractivity contribution in [1.82, 2.24) is 4.98 Å². The molecular formula is C24H25N3O3. The second-order valence-corrected chi connectivity index (χ2v) is 8.51. The van der Waals surface area contributed by atoms with Crippen molar-refractivity contribution in [1.29, 1.82) is 5.26 Å². The fourth-order valence-corrected chi connectivity index (χ4v) is 4.33. The van der Waals surface area contributed by atoms with E-state index in [4.69, 9.17) is 9.47 Å². The third kappa shape index (κ3) is 4.17. The number of nitriles is 1. The topological polar surface area (TPSA) is 84.2 Å². The molecular weight excluding hydrogens is 378 g/mol. The van der Waals surface area contributed by atoms with Crippen molar-refractivity contribution in [3.05, 3.63) is 42.1 Å². The van der Waals surface area contributed by atoms with Gasteiger partial charge in [0.15, 0.2) is 0 Å². The summed E-state index contributed by atoms with van der Waals surface area (Å²) >= 11 is 0. The van der Waals surface area contributed by atoms with Crippen LogP contribution in [0.1, 0.15) is 37.7 Å². The maximum absolute atomic E-state index is 12.5. The molecule has 2 atom stereocenters. The van der Waals surface area contributed by atoms with Gasteiger partial charge in [-0.2, -0.15) is 5.26 Å². The van der Waals surface area contributed by atoms with Gasteiger partial charge in [-0.1, -0.05) is 6.07 Å². The van der Waals surface area contributed by atoms with Crippen LogP contribution in [0.2, 0.25) is 0 Å². The molecule has 0 spiro atoms. The van der Waals surface area contributed by atoms with E-state index in [0.717, 1.165) is 36.3 Å². The fourth-order valence-electron chi connectivity index (χ4n) is 4.33. The number of anilines is 1. The average molecular weight is 403 g/mol. The van der Waals surface area contributed by atoms with Gasteiger partial charge in [-0.15, -0.1) is 0 Å². The number of amides is 1. The van der Waals surface area contributed by atoms with Crippen LogP contribution in [-0.2, 0) is 9.53 Å². The molecule has 5 rings (SSSR count). The van der Waals surface area contributed by atoms with Crippen LogP contribution in [0.5, 0.6) is 5.75 Å². The fraction of sp³-hybridized carbons (Fsp3) is 0.458. The number of rotatable bonds is 6. The van der Waals surface area contributed by atoms with Gasteiger partial charge >= 0.3 is 0 Å². The van der Waals surface area contributed by atoms with Crippen molar-refractivity contribution < 1.29 is 14.3 Å². The van der Waals surface area contributed by atoms with E-state index in [-0.39, 0.29) is 17.9 Å². The summed E-state index contributed by atoms with van der Waals surface area (Å²) in [4.78, 5) is 16.8. The molecule has 1 saturated heterocycles. The highest BCUT2D eigenvalue weighted by Crippen LogP contribution is 2.54. The first-order chi connectivity index (χ1) is 14.7. The summed E-state index contributed by atoms with van der Waals surface area (Å²) in [7, 11) is 0. The Morgan fingerprint density at radius 2 is 1.93 bits per heavy atom. The molecule has 0 bridgehead atoms. The van der Waals surface area contributed by atoms with Crippen molar-refractivity contribution in [2.75, 3.05) is 18.5 Å². The third-order valence-electron chi connectivity index (χ3n) is 6.31. The zero-order chi connectivity index (χ0) is 20.5. The van der Waals surface area contributed by atoms with Gasteiger partial charge in [0.05, 0.1) is 18.8 Å². The van der Waals surface area contributed by atoms with Crippen LogP contribution in [0.4, 0.5) is 5.82 Å². The number of benzene rings is 1. The summed E-state index contributed by atoms with van der Waals surface area (Å²) < 4.78 is 11.4. The molecule has 3 fully saturated rings. The number of pyridine rings is 1. The molecule has 30 heavy (non-hydrogen) atoms. The quantitative estimate of drug-likeness (QED) is 0.783. The van der Waals surface area contributed by atoms with Crippen molar-refractivity contribution >= 4 is 11.7 Å². The molecule has 154 valence electrons. The van der Waals surface area contributed by atoms with Crippen molar-refractivity contribution in [2.45, 2.75) is 38.2 Å². The molecule has 2 aromatic rings. The molecule has 1 amide bonds. The van der Waals surface area contributed by atoms with Gasteiger partial charge in [0, 0.05) is 25.0 Å². The molecule has 2 saturated carbocycles. The lowest BCUT2D eigenvalue weighted by Gasteiger charge is -2.23. The minimum absolute atomic E-state index is 0.0782. The lowest BCUT2D eigenvalue weighted by Crippen LogP contribution is -2.26. The predicted octanol–water partition coefficient (Wildman–Crippen LogP) is 4.16. The van der Waals surface area contributed by atoms with Crippen molar-refractivity contribution in [2.24, 2.45) is 17.8 Å². The lowest BCUT2D eigenvalue weighted by molar-refractivity contribution is -0.117. The molecule has 1 aromatic heterocycles. The van der Waals surface area contributed by atoms with Crippen molar-refractivity contribution in [3.8, 4) is 22.9 Å². The average Bonchev–Trinajstić information content (AvgIpc) is 3.68. The molecule has 1 N–H and O–H groups in total. The molecule has 1 aromatic carbocycles. The summed E-state index contributed by atoms with van der Waals surface area (Å²) in [6.45, 7) is 1.39. The third-order valence-corrected chi connectivity index (χ3v) is 6.31. The highest BCUT2D eigenvalue weighted by atomic mass is 16.5. The van der Waals surface area contributed by atoms with Gasteiger partial charge in [0.2, 0.25) is 5.91 Å². The van der Waals surface area contributed by atoms with Gasteiger partial charge < -0.3 is 14.8 Å². The summed E-state index contributed by atoms with van der Waals surface area (Å²) in [5.74, 6) is 2.74. The first-order valence-electron chi connectivity index (χ1n) is 10.8. The largest absolute Gasteiger partial charge is 0.489 e. The molecule has 2 aliphatic carbocycles. The number of nitrogens with one attached hydrogen (secondary N) is 1. The Labute approximate surface area is 176 Å². The Balaban J connectivity index is 1.29. The Bertz CT molecular complexity index is 989. The van der Waals surface area contributed by atoms with Crippen LogP contribution in [0.3, 0.4) is 0 Å². The van der Waals surface area contributed by atoms with E-state index in [1.54, 1.807) is 6.20 Å². The molecule has 0 radical (unpaired) electrons. The second-order valence-electron chi connectivity index (χ2n) is 8.51. The number of ether oxygens (including phenoxy) is 2. The van der Waals surface area contributed by atoms with Gasteiger partial charge in [-0.05, 0) is 66.5 Å². The summed E-state index contributed by atoms with van der Waals surface area (Å²) in [5.41, 5.74) is 2.31. The number of hydrogen-bond acceptors (Lipinski definition) is 5. The van der Waals surface area contributed by atoms with Crippen LogP contribution in [0, 0.1) is 29.1 Å². The number of carbonyl (C=O) groups is 1. The van der Waals surface area contributed by atoms with E-state index >= 15 is 0 Å². The highest BCUT2D eigenvalue weighted by Gasteiger charge is 2.51. The Kier molecular flexibility index (Phi) is 5.14. The smallest absolute Gasteiger partial charge is 0.228 e. The van der Waals surface area contributed by atoms with Gasteiger partial charge in [-0.25, -0.2) is 4.98 Å². The Morgan fingerprint density at radius 3 is 2.70 bits per heavy atom. The molecule has 2 heterocycles. The molecule has 6 heteroatoms. The first-order valence-corrected chi connectivity index (χ1v) is 10.8. The lowest BCUT2D eigenvalue weighted by atomic mass is 10.0. The first kappa shape index (κ1) is 19.1. The Morgan fingerprint density at radius 1 is 1.13 bits per heavy atom. The molecule has 0 unspecified atom stereocenters. The van der Waals surface area contributed by atoms with E-state index in [0.29, 0.717) is 36.3 Å². The van der Waals surface area contributed by atoms with E-state index in [2.05, 4.69) is 16.4 Å². The summed E-state index contributed by atoms with van der Waals surface area (Å²) in [6, 6.07) is 11.6. The standard InChI is InChI=1S/C24H25N3O3/c25-14-18-11-16(3-4-22(18)30-19-6-9-29-10-7-19)17-5-8-26-23(12-17)27-24(28)21-13-20(21)15-1-2-15/h3-5,8,11-12,15,19-21H,1-2,6-7,9-10,13H2,(H,26,27,28)/t20-,21+/m1/s1.